The average Bonchev–Trinajstić information content (AvgIpc) is 2.32. The average molecular weight is 431 g/mol. The molecule has 13 heavy (non-hydrogen) atoms. The van der Waals surface area contributed by atoms with Crippen molar-refractivity contribution in [3.05, 3.63) is 6.10 Å². The van der Waals surface area contributed by atoms with Crippen LogP contribution in [0.3, 0.4) is 0 Å². The Morgan fingerprint density at radius 1 is 1.54 bits per heavy atom. The van der Waals surface area contributed by atoms with E-state index < -0.39 is 0 Å². The SMILES string of the molecule is C[C-]1CC2(CCCN(N)C2)CO1.[Lr]. The van der Waals surface area contributed by atoms with Gasteiger partial charge in [0.15, 0.2) is 0 Å². The largest absolute Gasteiger partial charge is 0.549 e. The van der Waals surface area contributed by atoms with Crippen LogP contribution >= 0.6 is 0 Å². The summed E-state index contributed by atoms with van der Waals surface area (Å²) in [6.45, 7) is 5.00. The minimum Gasteiger partial charge on any atom is -0.549 e. The molecule has 0 aliphatic carbocycles. The Hall–Kier alpha value is -1.12. The van der Waals surface area contributed by atoms with Crippen molar-refractivity contribution >= 4 is 0 Å². The Morgan fingerprint density at radius 2 is 2.31 bits per heavy atom. The first-order valence-electron chi connectivity index (χ1n) is 4.65. The summed E-state index contributed by atoms with van der Waals surface area (Å²) in [6, 6.07) is 0. The molecular weight excluding hydrogens is 414 g/mol. The fourth-order valence-corrected chi connectivity index (χ4v) is 2.41. The molecular formula is C9H17LrN2O-. The van der Waals surface area contributed by atoms with Crippen LogP contribution in [0.4, 0.5) is 0 Å². The van der Waals surface area contributed by atoms with Crippen molar-refractivity contribution in [3.63, 3.8) is 0 Å². The van der Waals surface area contributed by atoms with Crippen molar-refractivity contribution < 1.29 is 4.74 Å². The van der Waals surface area contributed by atoms with E-state index in [4.69, 9.17) is 10.6 Å². The van der Waals surface area contributed by atoms with Crippen LogP contribution in [0, 0.1) is 11.5 Å². The summed E-state index contributed by atoms with van der Waals surface area (Å²) in [5.41, 5.74) is 0.358. The van der Waals surface area contributed by atoms with Crippen molar-refractivity contribution in [3.8, 4) is 0 Å². The zero-order valence-corrected chi connectivity index (χ0v) is 10.1. The predicted molar refractivity (Wildman–Crippen MR) is 46.9 cm³/mol. The molecule has 0 bridgehead atoms. The number of rotatable bonds is 0. The molecule has 1 radical (unpaired) electrons. The van der Waals surface area contributed by atoms with Gasteiger partial charge < -0.3 is 4.74 Å². The molecule has 0 aromatic rings. The molecule has 3 nitrogen and oxygen atoms in total. The molecule has 2 N–H and O–H groups in total. The van der Waals surface area contributed by atoms with Gasteiger partial charge in [0.2, 0.25) is 0 Å². The molecule has 0 aromatic heterocycles. The van der Waals surface area contributed by atoms with Crippen LogP contribution in [0.2, 0.25) is 0 Å². The molecule has 1 spiro atoms. The third kappa shape index (κ3) is 1.79. The van der Waals surface area contributed by atoms with E-state index in [1.807, 2.05) is 5.01 Å². The Bertz CT molecular complexity index is 175. The summed E-state index contributed by atoms with van der Waals surface area (Å²) in [5.74, 6) is 5.80. The van der Waals surface area contributed by atoms with Crippen LogP contribution in [-0.2, 0) is 4.74 Å². The van der Waals surface area contributed by atoms with Crippen LogP contribution in [0.1, 0.15) is 26.2 Å². The van der Waals surface area contributed by atoms with Crippen molar-refractivity contribution in [2.75, 3.05) is 19.7 Å². The number of piperidine rings is 1. The van der Waals surface area contributed by atoms with Crippen molar-refractivity contribution in [2.24, 2.45) is 11.3 Å². The minimum absolute atomic E-state index is 0. The third-order valence-corrected chi connectivity index (χ3v) is 2.94. The topological polar surface area (TPSA) is 38.5 Å². The number of ether oxygens (including phenoxy) is 1. The van der Waals surface area contributed by atoms with Gasteiger partial charge in [-0.15, -0.1) is 6.42 Å². The van der Waals surface area contributed by atoms with E-state index in [-0.39, 0.29) is 0 Å². The second-order valence-electron chi connectivity index (χ2n) is 4.24. The van der Waals surface area contributed by atoms with Gasteiger partial charge in [-0.1, -0.05) is 0 Å². The molecule has 0 aromatic carbocycles. The molecule has 2 rings (SSSR count). The minimum atomic E-state index is 0. The smallest absolute Gasteiger partial charge is 0.0182 e. The molecule has 1 unspecified atom stereocenters. The van der Waals surface area contributed by atoms with Crippen LogP contribution in [0.5, 0.6) is 0 Å². The fraction of sp³-hybridized carbons (Fsp3) is 0.889. The number of hydrogen-bond donors (Lipinski definition) is 1. The van der Waals surface area contributed by atoms with E-state index in [0.29, 0.717) is 5.41 Å². The Balaban J connectivity index is 0.000000845. The third-order valence-electron chi connectivity index (χ3n) is 2.94. The van der Waals surface area contributed by atoms with Gasteiger partial charge in [-0.05, 0) is 18.3 Å². The molecule has 2 aliphatic heterocycles. The summed E-state index contributed by atoms with van der Waals surface area (Å²) in [4.78, 5) is 0. The van der Waals surface area contributed by atoms with Crippen LogP contribution < -0.4 is 5.84 Å². The summed E-state index contributed by atoms with van der Waals surface area (Å²) < 4.78 is 5.53. The van der Waals surface area contributed by atoms with Gasteiger partial charge in [-0.3, -0.25) is 5.84 Å². The van der Waals surface area contributed by atoms with Gasteiger partial charge >= 0.3 is 0 Å². The van der Waals surface area contributed by atoms with E-state index in [1.165, 1.54) is 18.9 Å². The second kappa shape index (κ2) is 3.32. The second-order valence-corrected chi connectivity index (χ2v) is 4.24. The fourth-order valence-electron chi connectivity index (χ4n) is 2.41. The molecule has 2 saturated heterocycles. The number of hydrogen-bond acceptors (Lipinski definition) is 3. The monoisotopic (exact) mass is 431 g/mol. The Labute approximate surface area is 73.8 Å². The number of nitrogens with zero attached hydrogens (tertiary/aromatic N) is 1. The Morgan fingerprint density at radius 3 is 2.85 bits per heavy atom. The van der Waals surface area contributed by atoms with E-state index in [0.717, 1.165) is 26.1 Å². The van der Waals surface area contributed by atoms with Gasteiger partial charge in [0, 0.05) is 19.7 Å². The molecule has 0 amide bonds. The molecule has 1 atom stereocenters. The van der Waals surface area contributed by atoms with Crippen LogP contribution in [0.25, 0.3) is 0 Å². The van der Waals surface area contributed by atoms with E-state index >= 15 is 0 Å². The van der Waals surface area contributed by atoms with E-state index in [9.17, 15) is 0 Å². The molecule has 0 saturated carbocycles. The summed E-state index contributed by atoms with van der Waals surface area (Å²) in [5, 5.41) is 1.94. The quantitative estimate of drug-likeness (QED) is 0.458. The Kier molecular flexibility index (Phi) is 2.55. The predicted octanol–water partition coefficient (Wildman–Crippen LogP) is 0.914. The first-order valence-corrected chi connectivity index (χ1v) is 4.65. The van der Waals surface area contributed by atoms with E-state index in [1.54, 1.807) is 0 Å². The molecule has 2 heterocycles. The maximum absolute atomic E-state index is 5.80. The maximum atomic E-state index is 5.80. The summed E-state index contributed by atoms with van der Waals surface area (Å²) in [6.07, 6.45) is 4.79. The molecule has 2 aliphatic rings. The van der Waals surface area contributed by atoms with Gasteiger partial charge in [-0.2, -0.15) is 13.0 Å². The normalized spacial score (nSPS) is 36.5. The standard InChI is InChI=1S/C9H17N2O.Lr/c1-8-5-9(7-12-8)3-2-4-11(10)6-9;/h2-7,10H2,1H3;/q-1;. The number of hydrazine groups is 1. The van der Waals surface area contributed by atoms with Gasteiger partial charge in [0.1, 0.15) is 0 Å². The van der Waals surface area contributed by atoms with Crippen molar-refractivity contribution in [1.82, 2.24) is 5.01 Å². The van der Waals surface area contributed by atoms with Crippen molar-refractivity contribution in [1.29, 1.82) is 0 Å². The van der Waals surface area contributed by atoms with Crippen LogP contribution in [-0.4, -0.2) is 24.7 Å². The maximum Gasteiger partial charge on any atom is 0.0182 e. The van der Waals surface area contributed by atoms with Crippen LogP contribution in [0.15, 0.2) is 0 Å². The zero-order chi connectivity index (χ0) is 8.60. The van der Waals surface area contributed by atoms with Gasteiger partial charge in [0.05, 0.1) is 0 Å². The molecule has 85 valence electrons. The number of nitrogens with two attached hydrogens (primary N) is 1. The van der Waals surface area contributed by atoms with Gasteiger partial charge in [-0.25, -0.2) is 5.01 Å². The summed E-state index contributed by atoms with van der Waals surface area (Å²) in [7, 11) is 0. The van der Waals surface area contributed by atoms with E-state index in [2.05, 4.69) is 6.92 Å². The molecule has 2 fully saturated rings. The summed E-state index contributed by atoms with van der Waals surface area (Å²) >= 11 is 0. The first-order chi connectivity index (χ1) is 5.70. The zero-order valence-electron chi connectivity index (χ0n) is 7.93. The van der Waals surface area contributed by atoms with Gasteiger partial charge in [0.25, 0.3) is 0 Å². The van der Waals surface area contributed by atoms with Crippen molar-refractivity contribution in [2.45, 2.75) is 26.2 Å². The molecule has 4 heteroatoms. The first kappa shape index (κ1) is 9.96.